The Morgan fingerprint density at radius 2 is 2.29 bits per heavy atom. The van der Waals surface area contributed by atoms with E-state index >= 15 is 0 Å². The highest BCUT2D eigenvalue weighted by atomic mass is 32.2. The van der Waals surface area contributed by atoms with Gasteiger partial charge in [0.05, 0.1) is 11.0 Å². The molecule has 2 N–H and O–H groups in total. The summed E-state index contributed by atoms with van der Waals surface area (Å²) in [5.74, 6) is 5.20. The summed E-state index contributed by atoms with van der Waals surface area (Å²) < 4.78 is 14.3. The molecule has 0 spiro atoms. The smallest absolute Gasteiger partial charge is 0.133 e. The topological polar surface area (TPSA) is 44.6 Å². The molecule has 130 valence electrons. The highest BCUT2D eigenvalue weighted by molar-refractivity contribution is 7.99. The van der Waals surface area contributed by atoms with Crippen LogP contribution in [0.5, 0.6) is 0 Å². The second kappa shape index (κ2) is 9.51. The van der Waals surface area contributed by atoms with E-state index in [2.05, 4.69) is 28.7 Å². The second-order valence-electron chi connectivity index (χ2n) is 5.59. The van der Waals surface area contributed by atoms with Crippen molar-refractivity contribution in [3.63, 3.8) is 0 Å². The molecule has 2 unspecified atom stereocenters. The van der Waals surface area contributed by atoms with Gasteiger partial charge in [0.2, 0.25) is 0 Å². The van der Waals surface area contributed by atoms with Crippen molar-refractivity contribution in [1.82, 2.24) is 5.32 Å². The van der Waals surface area contributed by atoms with E-state index in [0.717, 1.165) is 0 Å². The number of benzene rings is 1. The molecule has 0 saturated heterocycles. The molecular formula is C19H25FN2OS. The van der Waals surface area contributed by atoms with Crippen molar-refractivity contribution < 1.29 is 9.50 Å². The summed E-state index contributed by atoms with van der Waals surface area (Å²) in [6.07, 6.45) is 3.70. The van der Waals surface area contributed by atoms with Crippen LogP contribution in [0.15, 0.2) is 36.0 Å². The maximum absolute atomic E-state index is 14.3. The lowest BCUT2D eigenvalue weighted by molar-refractivity contribution is 0.156. The average Bonchev–Trinajstić information content (AvgIpc) is 2.53. The normalized spacial score (nSPS) is 15.0. The van der Waals surface area contributed by atoms with Crippen LogP contribution in [0.3, 0.4) is 0 Å². The van der Waals surface area contributed by atoms with Crippen LogP contribution in [-0.2, 0) is 0 Å². The third kappa shape index (κ3) is 5.70. The Morgan fingerprint density at radius 3 is 2.79 bits per heavy atom. The fraction of sp³-hybridized carbons (Fsp3) is 0.421. The molecule has 0 aromatic heterocycles. The number of hydrogen-bond acceptors (Lipinski definition) is 4. The van der Waals surface area contributed by atoms with Crippen molar-refractivity contribution in [1.29, 1.82) is 0 Å². The van der Waals surface area contributed by atoms with Crippen molar-refractivity contribution in [2.24, 2.45) is 4.99 Å². The summed E-state index contributed by atoms with van der Waals surface area (Å²) in [4.78, 5) is 3.84. The SMILES string of the molecule is C=CNC(C)(CC(O)C/C(=N\C)c1ccc(C#CC)cc1F)SC. The van der Waals surface area contributed by atoms with E-state index < -0.39 is 6.10 Å². The Morgan fingerprint density at radius 1 is 1.58 bits per heavy atom. The first-order valence-electron chi connectivity index (χ1n) is 7.69. The van der Waals surface area contributed by atoms with Gasteiger partial charge in [-0.3, -0.25) is 4.99 Å². The molecule has 24 heavy (non-hydrogen) atoms. The van der Waals surface area contributed by atoms with Crippen LogP contribution in [0.1, 0.15) is 37.8 Å². The fourth-order valence-corrected chi connectivity index (χ4v) is 3.02. The number of nitrogens with zero attached hydrogens (tertiary/aromatic N) is 1. The lowest BCUT2D eigenvalue weighted by Crippen LogP contribution is -2.39. The van der Waals surface area contributed by atoms with Gasteiger partial charge < -0.3 is 10.4 Å². The molecule has 0 radical (unpaired) electrons. The van der Waals surface area contributed by atoms with Gasteiger partial charge in [-0.1, -0.05) is 12.5 Å². The molecule has 0 aliphatic heterocycles. The van der Waals surface area contributed by atoms with Gasteiger partial charge in [0.1, 0.15) is 5.82 Å². The van der Waals surface area contributed by atoms with E-state index in [4.69, 9.17) is 0 Å². The zero-order valence-corrected chi connectivity index (χ0v) is 15.5. The molecule has 0 saturated carbocycles. The molecule has 3 nitrogen and oxygen atoms in total. The zero-order chi connectivity index (χ0) is 18.2. The molecule has 1 aromatic carbocycles. The van der Waals surface area contributed by atoms with E-state index in [0.29, 0.717) is 23.3 Å². The average molecular weight is 348 g/mol. The number of aliphatic hydroxyl groups excluding tert-OH is 1. The summed E-state index contributed by atoms with van der Waals surface area (Å²) in [7, 11) is 1.61. The van der Waals surface area contributed by atoms with Crippen molar-refractivity contribution in [2.75, 3.05) is 13.3 Å². The number of halogens is 1. The summed E-state index contributed by atoms with van der Waals surface area (Å²) in [6, 6.07) is 4.83. The molecule has 1 rings (SSSR count). The third-order valence-corrected chi connectivity index (χ3v) is 4.92. The largest absolute Gasteiger partial charge is 0.393 e. The standard InChI is InChI=1S/C19H25FN2OS/c1-6-8-14-9-10-16(17(20)11-14)18(21-4)12-15(23)13-19(3,24-5)22-7-2/h7,9-11,15,22-23H,2,12-13H2,1,3-5H3/b21-18+. The Hall–Kier alpha value is -1.77. The van der Waals surface area contributed by atoms with E-state index in [1.54, 1.807) is 44.1 Å². The Bertz CT molecular complexity index is 663. The fourth-order valence-electron chi connectivity index (χ4n) is 2.45. The first-order valence-corrected chi connectivity index (χ1v) is 8.91. The van der Waals surface area contributed by atoms with Gasteiger partial charge in [-0.15, -0.1) is 17.7 Å². The van der Waals surface area contributed by atoms with Crippen LogP contribution < -0.4 is 5.32 Å². The number of thioether (sulfide) groups is 1. The minimum Gasteiger partial charge on any atom is -0.393 e. The molecule has 0 bridgehead atoms. The maximum atomic E-state index is 14.3. The third-order valence-electron chi connectivity index (χ3n) is 3.73. The molecule has 5 heteroatoms. The van der Waals surface area contributed by atoms with E-state index in [1.165, 1.54) is 6.07 Å². The van der Waals surface area contributed by atoms with Crippen molar-refractivity contribution in [3.05, 3.63) is 47.9 Å². The van der Waals surface area contributed by atoms with E-state index in [9.17, 15) is 9.50 Å². The molecule has 0 amide bonds. The monoisotopic (exact) mass is 348 g/mol. The van der Waals surface area contributed by atoms with Crippen LogP contribution in [-0.4, -0.2) is 35.1 Å². The number of rotatable bonds is 8. The Balaban J connectivity index is 2.91. The van der Waals surface area contributed by atoms with Gasteiger partial charge in [0.25, 0.3) is 0 Å². The van der Waals surface area contributed by atoms with Gasteiger partial charge in [0, 0.05) is 36.7 Å². The van der Waals surface area contributed by atoms with Crippen LogP contribution in [0.25, 0.3) is 0 Å². The van der Waals surface area contributed by atoms with Gasteiger partial charge in [0.15, 0.2) is 0 Å². The molecule has 0 aliphatic rings. The lowest BCUT2D eigenvalue weighted by Gasteiger charge is -2.30. The quantitative estimate of drug-likeness (QED) is 0.429. The lowest BCUT2D eigenvalue weighted by atomic mass is 9.98. The van der Waals surface area contributed by atoms with Gasteiger partial charge in [-0.05, 0) is 44.5 Å². The van der Waals surface area contributed by atoms with Crippen molar-refractivity contribution in [3.8, 4) is 11.8 Å². The molecular weight excluding hydrogens is 323 g/mol. The predicted molar refractivity (Wildman–Crippen MR) is 102 cm³/mol. The molecule has 2 atom stereocenters. The number of aliphatic imine (C=N–C) groups is 1. The Labute approximate surface area is 148 Å². The molecule has 0 heterocycles. The first kappa shape index (κ1) is 20.3. The minimum atomic E-state index is -0.650. The zero-order valence-electron chi connectivity index (χ0n) is 14.7. The van der Waals surface area contributed by atoms with Gasteiger partial charge in [-0.25, -0.2) is 4.39 Å². The van der Waals surface area contributed by atoms with Crippen molar-refractivity contribution >= 4 is 17.5 Å². The summed E-state index contributed by atoms with van der Waals surface area (Å²) >= 11 is 1.59. The molecule has 1 aromatic rings. The maximum Gasteiger partial charge on any atom is 0.133 e. The minimum absolute atomic E-state index is 0.279. The highest BCUT2D eigenvalue weighted by Crippen LogP contribution is 2.26. The van der Waals surface area contributed by atoms with Crippen molar-refractivity contribution in [2.45, 2.75) is 37.7 Å². The van der Waals surface area contributed by atoms with Crippen LogP contribution in [0, 0.1) is 17.7 Å². The molecule has 0 aliphatic carbocycles. The van der Waals surface area contributed by atoms with Gasteiger partial charge >= 0.3 is 0 Å². The predicted octanol–water partition coefficient (Wildman–Crippen LogP) is 3.57. The number of nitrogens with one attached hydrogen (secondary N) is 1. The highest BCUT2D eigenvalue weighted by Gasteiger charge is 2.26. The first-order chi connectivity index (χ1) is 11.4. The molecule has 0 fully saturated rings. The van der Waals surface area contributed by atoms with Gasteiger partial charge in [-0.2, -0.15) is 0 Å². The van der Waals surface area contributed by atoms with Crippen LogP contribution in [0.4, 0.5) is 4.39 Å². The van der Waals surface area contributed by atoms with Crippen LogP contribution in [0.2, 0.25) is 0 Å². The second-order valence-corrected chi connectivity index (χ2v) is 6.89. The summed E-state index contributed by atoms with van der Waals surface area (Å²) in [6.45, 7) is 7.37. The number of aliphatic hydroxyl groups is 1. The van der Waals surface area contributed by atoms with E-state index in [1.807, 2.05) is 13.2 Å². The van der Waals surface area contributed by atoms with Crippen LogP contribution >= 0.6 is 11.8 Å². The summed E-state index contributed by atoms with van der Waals surface area (Å²) in [5, 5.41) is 13.6. The van der Waals surface area contributed by atoms with E-state index in [-0.39, 0.29) is 17.1 Å². The number of hydrogen-bond donors (Lipinski definition) is 2. The summed E-state index contributed by atoms with van der Waals surface area (Å²) in [5.41, 5.74) is 1.57. The Kier molecular flexibility index (Phi) is 8.03.